The summed E-state index contributed by atoms with van der Waals surface area (Å²) in [5.41, 5.74) is 1.14. The fourth-order valence-corrected chi connectivity index (χ4v) is 4.02. The van der Waals surface area contributed by atoms with Crippen LogP contribution in [-0.4, -0.2) is 31.7 Å². The second-order valence-corrected chi connectivity index (χ2v) is 8.07. The van der Waals surface area contributed by atoms with E-state index in [0.29, 0.717) is 25.0 Å². The van der Waals surface area contributed by atoms with Crippen LogP contribution < -0.4 is 4.74 Å². The van der Waals surface area contributed by atoms with Gasteiger partial charge < -0.3 is 18.9 Å². The van der Waals surface area contributed by atoms with Gasteiger partial charge in [-0.15, -0.1) is 0 Å². The van der Waals surface area contributed by atoms with Crippen molar-refractivity contribution in [3.8, 4) is 5.75 Å². The molecule has 4 nitrogen and oxygen atoms in total. The summed E-state index contributed by atoms with van der Waals surface area (Å²) >= 11 is 0. The molecule has 0 bridgehead atoms. The first-order valence-electron chi connectivity index (χ1n) is 10.2. The molecule has 2 heterocycles. The van der Waals surface area contributed by atoms with E-state index in [1.54, 1.807) is 7.11 Å². The maximum atomic E-state index is 6.53. The van der Waals surface area contributed by atoms with Gasteiger partial charge in [-0.1, -0.05) is 38.1 Å². The van der Waals surface area contributed by atoms with Crippen molar-refractivity contribution in [3.63, 3.8) is 0 Å². The predicted octanol–water partition coefficient (Wildman–Crippen LogP) is 5.11. The van der Waals surface area contributed by atoms with Gasteiger partial charge in [0, 0.05) is 12.8 Å². The molecule has 3 rings (SSSR count). The van der Waals surface area contributed by atoms with Gasteiger partial charge in [-0.05, 0) is 49.3 Å². The third-order valence-corrected chi connectivity index (χ3v) is 5.97. The van der Waals surface area contributed by atoms with Gasteiger partial charge >= 0.3 is 0 Å². The van der Waals surface area contributed by atoms with E-state index in [4.69, 9.17) is 18.9 Å². The molecule has 0 N–H and O–H groups in total. The Bertz CT molecular complexity index is 607. The maximum absolute atomic E-state index is 6.53. The topological polar surface area (TPSA) is 36.9 Å². The molecule has 0 radical (unpaired) electrons. The van der Waals surface area contributed by atoms with Gasteiger partial charge in [0.2, 0.25) is 0 Å². The average molecular weight is 375 g/mol. The molecule has 2 aliphatic rings. The normalized spacial score (nSPS) is 34.2. The first-order chi connectivity index (χ1) is 13.0. The zero-order valence-corrected chi connectivity index (χ0v) is 17.1. The van der Waals surface area contributed by atoms with Crippen molar-refractivity contribution in [1.29, 1.82) is 0 Å². The molecule has 2 aliphatic heterocycles. The van der Waals surface area contributed by atoms with Gasteiger partial charge in [-0.25, -0.2) is 0 Å². The van der Waals surface area contributed by atoms with E-state index in [0.717, 1.165) is 37.0 Å². The van der Waals surface area contributed by atoms with Gasteiger partial charge in [-0.2, -0.15) is 0 Å². The van der Waals surface area contributed by atoms with Crippen LogP contribution >= 0.6 is 0 Å². The van der Waals surface area contributed by atoms with Crippen molar-refractivity contribution in [1.82, 2.24) is 0 Å². The predicted molar refractivity (Wildman–Crippen MR) is 107 cm³/mol. The van der Waals surface area contributed by atoms with Crippen LogP contribution in [0.15, 0.2) is 36.4 Å². The van der Waals surface area contributed by atoms with Gasteiger partial charge in [0.15, 0.2) is 5.79 Å². The summed E-state index contributed by atoms with van der Waals surface area (Å²) < 4.78 is 24.2. The molecule has 4 heteroatoms. The molecule has 0 aromatic heterocycles. The van der Waals surface area contributed by atoms with E-state index in [-0.39, 0.29) is 12.2 Å². The molecule has 2 fully saturated rings. The molecule has 2 saturated heterocycles. The van der Waals surface area contributed by atoms with Gasteiger partial charge in [0.1, 0.15) is 5.75 Å². The number of hydrogen-bond acceptors (Lipinski definition) is 4. The van der Waals surface area contributed by atoms with E-state index in [2.05, 4.69) is 32.9 Å². The molecule has 0 amide bonds. The van der Waals surface area contributed by atoms with Crippen LogP contribution in [0.25, 0.3) is 0 Å². The van der Waals surface area contributed by atoms with Crippen LogP contribution in [0.1, 0.15) is 52.0 Å². The number of methoxy groups -OCH3 is 1. The standard InChI is InChI=1S/C23H34O4/c1-5-6-21-17(2)11-13-23(26-21)14-12-18(3)22(27-23)16-25-15-19-7-9-20(24-4)10-8-19/h5-10,17-18,21-22H,11-16H2,1-4H3/b6-5+/t17-,18-,21-,22+,23-/m0/s1. The maximum Gasteiger partial charge on any atom is 0.169 e. The lowest BCUT2D eigenvalue weighted by Gasteiger charge is -2.49. The Morgan fingerprint density at radius 1 is 1.07 bits per heavy atom. The summed E-state index contributed by atoms with van der Waals surface area (Å²) in [6.45, 7) is 7.75. The third kappa shape index (κ3) is 5.13. The van der Waals surface area contributed by atoms with Crippen molar-refractivity contribution in [2.24, 2.45) is 11.8 Å². The molecule has 0 saturated carbocycles. The minimum absolute atomic E-state index is 0.0802. The summed E-state index contributed by atoms with van der Waals surface area (Å²) in [7, 11) is 1.68. The fourth-order valence-electron chi connectivity index (χ4n) is 4.02. The second-order valence-electron chi connectivity index (χ2n) is 8.07. The highest BCUT2D eigenvalue weighted by Gasteiger charge is 2.46. The third-order valence-electron chi connectivity index (χ3n) is 5.97. The summed E-state index contributed by atoms with van der Waals surface area (Å²) in [6, 6.07) is 8.01. The highest BCUT2D eigenvalue weighted by Crippen LogP contribution is 2.43. The minimum atomic E-state index is -0.433. The Morgan fingerprint density at radius 2 is 1.78 bits per heavy atom. The Balaban J connectivity index is 1.55. The number of allylic oxidation sites excluding steroid dienone is 1. The van der Waals surface area contributed by atoms with Gasteiger partial charge in [-0.3, -0.25) is 0 Å². The van der Waals surface area contributed by atoms with Crippen molar-refractivity contribution in [3.05, 3.63) is 42.0 Å². The summed E-state index contributed by atoms with van der Waals surface area (Å²) in [4.78, 5) is 0. The Labute approximate surface area is 163 Å². The van der Waals surface area contributed by atoms with Crippen molar-refractivity contribution in [2.45, 2.75) is 71.1 Å². The molecule has 1 spiro atoms. The van der Waals surface area contributed by atoms with E-state index < -0.39 is 5.79 Å². The largest absolute Gasteiger partial charge is 0.497 e. The first-order valence-corrected chi connectivity index (χ1v) is 10.2. The lowest BCUT2D eigenvalue weighted by atomic mass is 9.84. The Kier molecular flexibility index (Phi) is 6.96. The highest BCUT2D eigenvalue weighted by molar-refractivity contribution is 5.26. The molecule has 1 aromatic carbocycles. The van der Waals surface area contributed by atoms with E-state index in [1.165, 1.54) is 0 Å². The molecule has 0 unspecified atom stereocenters. The lowest BCUT2D eigenvalue weighted by molar-refractivity contribution is -0.328. The molecular weight excluding hydrogens is 340 g/mol. The van der Waals surface area contributed by atoms with Crippen LogP contribution in [-0.2, 0) is 20.8 Å². The molecular formula is C23H34O4. The molecule has 0 aliphatic carbocycles. The number of benzene rings is 1. The zero-order chi connectivity index (χ0) is 19.3. The van der Waals surface area contributed by atoms with Gasteiger partial charge in [0.25, 0.3) is 0 Å². The first kappa shape index (κ1) is 20.4. The van der Waals surface area contributed by atoms with Crippen LogP contribution in [0.5, 0.6) is 5.75 Å². The lowest BCUT2D eigenvalue weighted by Crippen LogP contribution is -2.52. The smallest absolute Gasteiger partial charge is 0.169 e. The van der Waals surface area contributed by atoms with E-state index >= 15 is 0 Å². The minimum Gasteiger partial charge on any atom is -0.497 e. The Morgan fingerprint density at radius 3 is 2.44 bits per heavy atom. The van der Waals surface area contributed by atoms with Crippen molar-refractivity contribution in [2.75, 3.05) is 13.7 Å². The van der Waals surface area contributed by atoms with E-state index in [9.17, 15) is 0 Å². The Hall–Kier alpha value is -1.36. The van der Waals surface area contributed by atoms with Crippen LogP contribution in [0.3, 0.4) is 0 Å². The summed E-state index contributed by atoms with van der Waals surface area (Å²) in [5.74, 6) is 1.45. The van der Waals surface area contributed by atoms with Crippen molar-refractivity contribution < 1.29 is 18.9 Å². The zero-order valence-electron chi connectivity index (χ0n) is 17.1. The monoisotopic (exact) mass is 374 g/mol. The fraction of sp³-hybridized carbons (Fsp3) is 0.652. The van der Waals surface area contributed by atoms with Crippen LogP contribution in [0, 0.1) is 11.8 Å². The van der Waals surface area contributed by atoms with Crippen LogP contribution in [0.2, 0.25) is 0 Å². The molecule has 5 atom stereocenters. The van der Waals surface area contributed by atoms with E-state index in [1.807, 2.05) is 24.3 Å². The van der Waals surface area contributed by atoms with Crippen molar-refractivity contribution >= 4 is 0 Å². The quantitative estimate of drug-likeness (QED) is 0.648. The second kappa shape index (κ2) is 9.22. The average Bonchev–Trinajstić information content (AvgIpc) is 2.68. The molecule has 150 valence electrons. The molecule has 27 heavy (non-hydrogen) atoms. The SMILES string of the molecule is C/C=C/[C@@H]1O[C@]2(CC[C@@H]1C)CC[C@H](C)[C@@H](COCc1ccc(OC)cc1)O2. The number of rotatable bonds is 6. The van der Waals surface area contributed by atoms with Crippen LogP contribution in [0.4, 0.5) is 0 Å². The summed E-state index contributed by atoms with van der Waals surface area (Å²) in [6.07, 6.45) is 8.70. The molecule has 1 aromatic rings. The highest BCUT2D eigenvalue weighted by atomic mass is 16.7. The number of ether oxygens (including phenoxy) is 4. The summed E-state index contributed by atoms with van der Waals surface area (Å²) in [5, 5.41) is 0. The van der Waals surface area contributed by atoms with Gasteiger partial charge in [0.05, 0.1) is 32.5 Å². The number of hydrogen-bond donors (Lipinski definition) is 0.